The van der Waals surface area contributed by atoms with Crippen LogP contribution < -0.4 is 0 Å². The van der Waals surface area contributed by atoms with Gasteiger partial charge >= 0.3 is 5.97 Å². The van der Waals surface area contributed by atoms with Crippen molar-refractivity contribution in [2.24, 2.45) is 11.8 Å². The van der Waals surface area contributed by atoms with Crippen LogP contribution in [0.25, 0.3) is 0 Å². The molecule has 0 aromatic rings. The summed E-state index contributed by atoms with van der Waals surface area (Å²) in [7, 11) is 1.20. The van der Waals surface area contributed by atoms with Gasteiger partial charge in [-0.3, -0.25) is 9.59 Å². The highest BCUT2D eigenvalue weighted by Gasteiger charge is 2.42. The van der Waals surface area contributed by atoms with Crippen molar-refractivity contribution in [1.82, 2.24) is 0 Å². The van der Waals surface area contributed by atoms with E-state index in [1.807, 2.05) is 19.9 Å². The van der Waals surface area contributed by atoms with Crippen LogP contribution in [0.15, 0.2) is 46.8 Å². The molecule has 2 aliphatic rings. The lowest BCUT2D eigenvalue weighted by atomic mass is 9.72. The number of carbonyl (C=O) groups excluding carboxylic acids is 3. The Labute approximate surface area is 160 Å². The van der Waals surface area contributed by atoms with Crippen molar-refractivity contribution in [3.8, 4) is 0 Å². The summed E-state index contributed by atoms with van der Waals surface area (Å²) in [4.78, 5) is 38.0. The molecule has 0 saturated carbocycles. The molecular weight excluding hydrogens is 344 g/mol. The maximum absolute atomic E-state index is 12.9. The third-order valence-corrected chi connectivity index (χ3v) is 5.37. The molecule has 0 aromatic carbocycles. The maximum atomic E-state index is 12.9. The van der Waals surface area contributed by atoms with E-state index in [1.165, 1.54) is 7.11 Å². The van der Waals surface area contributed by atoms with E-state index in [0.29, 0.717) is 6.42 Å². The highest BCUT2D eigenvalue weighted by Crippen LogP contribution is 2.40. The summed E-state index contributed by atoms with van der Waals surface area (Å²) in [6, 6.07) is 0. The van der Waals surface area contributed by atoms with E-state index >= 15 is 0 Å². The Morgan fingerprint density at radius 3 is 2.63 bits per heavy atom. The number of Topliss-reactive ketones (excluding diaryl/α,β-unsaturated/α-hetero) is 2. The number of unbranched alkanes of at least 4 members (excludes halogenated alkanes) is 2. The van der Waals surface area contributed by atoms with Crippen molar-refractivity contribution in [3.05, 3.63) is 46.8 Å². The predicted octanol–water partition coefficient (Wildman–Crippen LogP) is 4.16. The third kappa shape index (κ3) is 4.12. The van der Waals surface area contributed by atoms with Crippen LogP contribution in [0.3, 0.4) is 0 Å². The minimum absolute atomic E-state index is 0.0106. The van der Waals surface area contributed by atoms with Gasteiger partial charge in [-0.25, -0.2) is 4.79 Å². The fourth-order valence-electron chi connectivity index (χ4n) is 3.83. The van der Waals surface area contributed by atoms with Crippen LogP contribution in [0, 0.1) is 11.8 Å². The second-order valence-corrected chi connectivity index (χ2v) is 7.20. The minimum atomic E-state index is -0.788. The first kappa shape index (κ1) is 20.9. The number of methoxy groups -OCH3 is 1. The van der Waals surface area contributed by atoms with Crippen LogP contribution in [0.2, 0.25) is 0 Å². The lowest BCUT2D eigenvalue weighted by molar-refractivity contribution is -0.137. The van der Waals surface area contributed by atoms with E-state index in [4.69, 9.17) is 4.74 Å². The van der Waals surface area contributed by atoms with E-state index in [-0.39, 0.29) is 29.1 Å². The highest BCUT2D eigenvalue weighted by atomic mass is 16.5. The van der Waals surface area contributed by atoms with Crippen molar-refractivity contribution in [2.75, 3.05) is 7.11 Å². The van der Waals surface area contributed by atoms with E-state index in [1.54, 1.807) is 6.08 Å². The fraction of sp³-hybridized carbons (Fsp3) is 0.500. The highest BCUT2D eigenvalue weighted by molar-refractivity contribution is 6.51. The van der Waals surface area contributed by atoms with Crippen LogP contribution in [-0.4, -0.2) is 29.8 Å². The van der Waals surface area contributed by atoms with Gasteiger partial charge in [-0.2, -0.15) is 0 Å². The molecule has 2 aliphatic carbocycles. The first-order chi connectivity index (χ1) is 12.9. The topological polar surface area (TPSA) is 80.7 Å². The number of aliphatic hydroxyl groups is 1. The molecule has 0 heterocycles. The van der Waals surface area contributed by atoms with Gasteiger partial charge in [-0.1, -0.05) is 37.5 Å². The Morgan fingerprint density at radius 1 is 1.33 bits per heavy atom. The maximum Gasteiger partial charge on any atom is 0.342 e. The largest absolute Gasteiger partial charge is 0.507 e. The van der Waals surface area contributed by atoms with Crippen LogP contribution in [0.1, 0.15) is 52.4 Å². The molecule has 2 atom stereocenters. The SMILES string of the molecule is C=C[C@@H]1CCC(C)=C[C@H]1C1=C(O)C(C(=O)OC)=C(CCCCC)C(=O)C1=O. The van der Waals surface area contributed by atoms with Crippen molar-refractivity contribution in [1.29, 1.82) is 0 Å². The predicted molar refractivity (Wildman–Crippen MR) is 103 cm³/mol. The Bertz CT molecular complexity index is 751. The Hall–Kier alpha value is -2.43. The van der Waals surface area contributed by atoms with Gasteiger partial charge < -0.3 is 9.84 Å². The minimum Gasteiger partial charge on any atom is -0.507 e. The molecule has 0 unspecified atom stereocenters. The van der Waals surface area contributed by atoms with Gasteiger partial charge in [0.05, 0.1) is 12.7 Å². The molecule has 0 amide bonds. The zero-order valence-corrected chi connectivity index (χ0v) is 16.3. The number of ether oxygens (including phenoxy) is 1. The van der Waals surface area contributed by atoms with Gasteiger partial charge in [0.2, 0.25) is 11.6 Å². The molecular formula is C22H28O5. The molecule has 146 valence electrons. The van der Waals surface area contributed by atoms with E-state index in [2.05, 4.69) is 6.58 Å². The van der Waals surface area contributed by atoms with Gasteiger partial charge in [0.1, 0.15) is 11.3 Å². The van der Waals surface area contributed by atoms with Gasteiger partial charge in [0.15, 0.2) is 0 Å². The standard InChI is InChI=1S/C22H28O5/c1-5-7-8-9-15-18(22(26)27-4)20(24)17(21(25)19(15)23)16-12-13(3)10-11-14(16)6-2/h6,12,14,16,24H,2,5,7-11H2,1,3-4H3/t14-,16-/m1/s1. The number of carbonyl (C=O) groups is 3. The molecule has 0 spiro atoms. The Morgan fingerprint density at radius 2 is 2.04 bits per heavy atom. The van der Waals surface area contributed by atoms with Crippen LogP contribution in [-0.2, 0) is 19.1 Å². The van der Waals surface area contributed by atoms with Crippen LogP contribution >= 0.6 is 0 Å². The molecule has 0 fully saturated rings. The number of hydrogen-bond acceptors (Lipinski definition) is 5. The van der Waals surface area contributed by atoms with Gasteiger partial charge in [0.25, 0.3) is 0 Å². The molecule has 1 N–H and O–H groups in total. The molecule has 0 radical (unpaired) electrons. The summed E-state index contributed by atoms with van der Waals surface area (Å²) in [5.41, 5.74) is 0.973. The molecule has 5 heteroatoms. The normalized spacial score (nSPS) is 23.4. The molecule has 5 nitrogen and oxygen atoms in total. The lowest BCUT2D eigenvalue weighted by Gasteiger charge is -2.31. The first-order valence-electron chi connectivity index (χ1n) is 9.51. The molecule has 0 aliphatic heterocycles. The number of rotatable bonds is 7. The zero-order chi connectivity index (χ0) is 20.1. The number of esters is 1. The van der Waals surface area contributed by atoms with E-state index < -0.39 is 29.2 Å². The Balaban J connectivity index is 2.62. The number of allylic oxidation sites excluding steroid dienone is 5. The summed E-state index contributed by atoms with van der Waals surface area (Å²) in [5.74, 6) is -3.19. The average molecular weight is 372 g/mol. The second kappa shape index (κ2) is 8.98. The molecule has 27 heavy (non-hydrogen) atoms. The van der Waals surface area contributed by atoms with Crippen molar-refractivity contribution in [3.63, 3.8) is 0 Å². The van der Waals surface area contributed by atoms with E-state index in [0.717, 1.165) is 31.3 Å². The molecule has 0 bridgehead atoms. The van der Waals surface area contributed by atoms with Gasteiger partial charge in [0, 0.05) is 11.5 Å². The zero-order valence-electron chi connectivity index (χ0n) is 16.3. The summed E-state index contributed by atoms with van der Waals surface area (Å²) in [6.45, 7) is 7.80. The Kier molecular flexibility index (Phi) is 6.94. The lowest BCUT2D eigenvalue weighted by Crippen LogP contribution is -2.34. The molecule has 0 aromatic heterocycles. The van der Waals surface area contributed by atoms with Gasteiger partial charge in [-0.05, 0) is 38.5 Å². The molecule has 2 rings (SSSR count). The van der Waals surface area contributed by atoms with Crippen molar-refractivity contribution < 1.29 is 24.2 Å². The fourth-order valence-corrected chi connectivity index (χ4v) is 3.83. The van der Waals surface area contributed by atoms with Crippen LogP contribution in [0.4, 0.5) is 0 Å². The summed E-state index contributed by atoms with van der Waals surface area (Å²) in [6.07, 6.45) is 7.99. The second-order valence-electron chi connectivity index (χ2n) is 7.20. The summed E-state index contributed by atoms with van der Waals surface area (Å²) < 4.78 is 4.80. The monoisotopic (exact) mass is 372 g/mol. The van der Waals surface area contributed by atoms with E-state index in [9.17, 15) is 19.5 Å². The van der Waals surface area contributed by atoms with Crippen molar-refractivity contribution >= 4 is 17.5 Å². The number of ketones is 2. The molecule has 0 saturated heterocycles. The van der Waals surface area contributed by atoms with Crippen molar-refractivity contribution in [2.45, 2.75) is 52.4 Å². The number of aliphatic hydroxyl groups excluding tert-OH is 1. The van der Waals surface area contributed by atoms with Crippen LogP contribution in [0.5, 0.6) is 0 Å². The quantitative estimate of drug-likeness (QED) is 0.239. The summed E-state index contributed by atoms with van der Waals surface area (Å²) >= 11 is 0. The van der Waals surface area contributed by atoms with Gasteiger partial charge in [-0.15, -0.1) is 6.58 Å². The summed E-state index contributed by atoms with van der Waals surface area (Å²) in [5, 5.41) is 10.9. The first-order valence-corrected chi connectivity index (χ1v) is 9.51. The third-order valence-electron chi connectivity index (χ3n) is 5.37. The average Bonchev–Trinajstić information content (AvgIpc) is 2.65. The number of hydrogen-bond donors (Lipinski definition) is 1. The smallest absolute Gasteiger partial charge is 0.342 e.